The van der Waals surface area contributed by atoms with Gasteiger partial charge in [0.2, 0.25) is 0 Å². The summed E-state index contributed by atoms with van der Waals surface area (Å²) in [6, 6.07) is 0.413. The Hall–Kier alpha value is -0.840. The van der Waals surface area contributed by atoms with Gasteiger partial charge in [-0.1, -0.05) is 0 Å². The van der Waals surface area contributed by atoms with E-state index < -0.39 is 0 Å². The minimum Gasteiger partial charge on any atom is -0.466 e. The maximum atomic E-state index is 11.7. The molecule has 1 heterocycles. The first kappa shape index (κ1) is 14.6. The molecule has 0 aliphatic heterocycles. The van der Waals surface area contributed by atoms with E-state index in [0.29, 0.717) is 12.6 Å². The van der Waals surface area contributed by atoms with Crippen molar-refractivity contribution < 1.29 is 9.53 Å². The van der Waals surface area contributed by atoms with Crippen molar-refractivity contribution in [2.45, 2.75) is 52.5 Å². The molecule has 0 N–H and O–H groups in total. The predicted octanol–water partition coefficient (Wildman–Crippen LogP) is 3.56. The van der Waals surface area contributed by atoms with Gasteiger partial charge in [-0.05, 0) is 62.4 Å². The summed E-state index contributed by atoms with van der Waals surface area (Å²) in [7, 11) is 0. The van der Waals surface area contributed by atoms with Gasteiger partial charge >= 0.3 is 5.97 Å². The molecule has 4 nitrogen and oxygen atoms in total. The number of esters is 1. The highest BCUT2D eigenvalue weighted by molar-refractivity contribution is 9.10. The molecule has 0 spiro atoms. The number of carbonyl (C=O) groups excluding carboxylic acids is 1. The lowest BCUT2D eigenvalue weighted by molar-refractivity contribution is -0.149. The number of hydrogen-bond donors (Lipinski definition) is 0. The average Bonchev–Trinajstić information content (AvgIpc) is 2.67. The number of halogens is 1. The van der Waals surface area contributed by atoms with Gasteiger partial charge in [0, 0.05) is 0 Å². The molecule has 1 aliphatic rings. The maximum absolute atomic E-state index is 11.7. The number of aryl methyl sites for hydroxylation is 1. The Kier molecular flexibility index (Phi) is 4.66. The molecule has 0 saturated heterocycles. The van der Waals surface area contributed by atoms with Gasteiger partial charge in [-0.3, -0.25) is 9.48 Å². The summed E-state index contributed by atoms with van der Waals surface area (Å²) < 4.78 is 8.31. The van der Waals surface area contributed by atoms with Crippen molar-refractivity contribution in [3.63, 3.8) is 0 Å². The van der Waals surface area contributed by atoms with Crippen molar-refractivity contribution in [3.05, 3.63) is 15.9 Å². The van der Waals surface area contributed by atoms with Crippen molar-refractivity contribution >= 4 is 21.9 Å². The van der Waals surface area contributed by atoms with Crippen LogP contribution in [0.25, 0.3) is 0 Å². The molecule has 0 bridgehead atoms. The topological polar surface area (TPSA) is 44.1 Å². The minimum absolute atomic E-state index is 0.0319. The van der Waals surface area contributed by atoms with Crippen molar-refractivity contribution in [3.8, 4) is 0 Å². The largest absolute Gasteiger partial charge is 0.466 e. The van der Waals surface area contributed by atoms with E-state index in [1.165, 1.54) is 5.69 Å². The van der Waals surface area contributed by atoms with Crippen LogP contribution < -0.4 is 0 Å². The van der Waals surface area contributed by atoms with E-state index in [2.05, 4.69) is 32.6 Å². The Bertz CT molecular complexity index is 462. The van der Waals surface area contributed by atoms with Crippen LogP contribution in [0.1, 0.15) is 50.0 Å². The van der Waals surface area contributed by atoms with E-state index >= 15 is 0 Å². The molecule has 1 saturated carbocycles. The standard InChI is InChI=1S/C14H21BrN2O2/c1-4-19-14(18)11-5-7-12(8-6-11)17-10(3)13(15)9(2)16-17/h11-12H,4-8H2,1-3H3. The highest BCUT2D eigenvalue weighted by Gasteiger charge is 2.29. The van der Waals surface area contributed by atoms with Crippen LogP contribution in [0.5, 0.6) is 0 Å². The first-order valence-electron chi connectivity index (χ1n) is 6.92. The van der Waals surface area contributed by atoms with Gasteiger partial charge in [-0.25, -0.2) is 0 Å². The van der Waals surface area contributed by atoms with E-state index in [-0.39, 0.29) is 11.9 Å². The van der Waals surface area contributed by atoms with Crippen molar-refractivity contribution in [2.75, 3.05) is 6.61 Å². The highest BCUT2D eigenvalue weighted by atomic mass is 79.9. The predicted molar refractivity (Wildman–Crippen MR) is 77.0 cm³/mol. The number of ether oxygens (including phenoxy) is 1. The Labute approximate surface area is 122 Å². The van der Waals surface area contributed by atoms with E-state index in [9.17, 15) is 4.79 Å². The van der Waals surface area contributed by atoms with Crippen molar-refractivity contribution in [2.24, 2.45) is 5.92 Å². The van der Waals surface area contributed by atoms with Crippen LogP contribution >= 0.6 is 15.9 Å². The van der Waals surface area contributed by atoms with Crippen LogP contribution in [-0.4, -0.2) is 22.4 Å². The van der Waals surface area contributed by atoms with Gasteiger partial charge in [0.25, 0.3) is 0 Å². The molecule has 106 valence electrons. The summed E-state index contributed by atoms with van der Waals surface area (Å²) in [5.74, 6) is 0.0482. The lowest BCUT2D eigenvalue weighted by atomic mass is 9.86. The molecule has 19 heavy (non-hydrogen) atoms. The van der Waals surface area contributed by atoms with E-state index in [1.807, 2.05) is 13.8 Å². The van der Waals surface area contributed by atoms with Crippen LogP contribution in [0.2, 0.25) is 0 Å². The highest BCUT2D eigenvalue weighted by Crippen LogP contribution is 2.35. The maximum Gasteiger partial charge on any atom is 0.308 e. The Morgan fingerprint density at radius 2 is 2.00 bits per heavy atom. The van der Waals surface area contributed by atoms with Crippen LogP contribution in [0.15, 0.2) is 4.47 Å². The molecule has 1 aliphatic carbocycles. The van der Waals surface area contributed by atoms with Gasteiger partial charge in [0.15, 0.2) is 0 Å². The van der Waals surface area contributed by atoms with Gasteiger partial charge in [-0.2, -0.15) is 5.10 Å². The number of carbonyl (C=O) groups is 1. The Morgan fingerprint density at radius 1 is 1.37 bits per heavy atom. The number of aromatic nitrogens is 2. The number of nitrogens with zero attached hydrogens (tertiary/aromatic N) is 2. The molecule has 5 heteroatoms. The van der Waals surface area contributed by atoms with Crippen molar-refractivity contribution in [1.82, 2.24) is 9.78 Å². The van der Waals surface area contributed by atoms with Gasteiger partial charge < -0.3 is 4.74 Å². The van der Waals surface area contributed by atoms with E-state index in [1.54, 1.807) is 0 Å². The first-order valence-corrected chi connectivity index (χ1v) is 7.71. The summed E-state index contributed by atoms with van der Waals surface area (Å²) >= 11 is 3.56. The summed E-state index contributed by atoms with van der Waals surface area (Å²) in [6.45, 7) is 6.43. The molecule has 0 amide bonds. The van der Waals surface area contributed by atoms with Crippen LogP contribution in [0.4, 0.5) is 0 Å². The number of rotatable bonds is 3. The summed E-state index contributed by atoms with van der Waals surface area (Å²) in [5, 5.41) is 4.59. The number of hydrogen-bond acceptors (Lipinski definition) is 3. The third kappa shape index (κ3) is 3.02. The second-order valence-electron chi connectivity index (χ2n) is 5.19. The normalized spacial score (nSPS) is 23.4. The molecule has 1 fully saturated rings. The molecule has 1 aromatic rings. The van der Waals surface area contributed by atoms with Crippen LogP contribution in [0, 0.1) is 19.8 Å². The molecule has 1 aromatic heterocycles. The molecule has 0 radical (unpaired) electrons. The second-order valence-corrected chi connectivity index (χ2v) is 5.98. The average molecular weight is 329 g/mol. The summed E-state index contributed by atoms with van der Waals surface area (Å²) in [5.41, 5.74) is 2.21. The molecule has 2 rings (SSSR count). The van der Waals surface area contributed by atoms with Crippen molar-refractivity contribution in [1.29, 1.82) is 0 Å². The zero-order valence-electron chi connectivity index (χ0n) is 11.8. The minimum atomic E-state index is -0.0319. The van der Waals surface area contributed by atoms with Gasteiger partial charge in [0.1, 0.15) is 0 Å². The zero-order valence-corrected chi connectivity index (χ0v) is 13.4. The summed E-state index contributed by atoms with van der Waals surface area (Å²) in [4.78, 5) is 11.7. The molecule has 0 atom stereocenters. The third-order valence-electron chi connectivity index (χ3n) is 3.90. The fourth-order valence-electron chi connectivity index (χ4n) is 2.81. The van der Waals surface area contributed by atoms with Crippen LogP contribution in [-0.2, 0) is 9.53 Å². The Morgan fingerprint density at radius 3 is 2.47 bits per heavy atom. The van der Waals surface area contributed by atoms with E-state index in [0.717, 1.165) is 35.8 Å². The molecular formula is C14H21BrN2O2. The summed E-state index contributed by atoms with van der Waals surface area (Å²) in [6.07, 6.45) is 3.80. The zero-order chi connectivity index (χ0) is 14.0. The smallest absolute Gasteiger partial charge is 0.308 e. The van der Waals surface area contributed by atoms with Gasteiger partial charge in [-0.15, -0.1) is 0 Å². The second kappa shape index (κ2) is 6.07. The molecule has 0 aromatic carbocycles. The third-order valence-corrected chi connectivity index (χ3v) is 5.05. The lowest BCUT2D eigenvalue weighted by Crippen LogP contribution is -2.26. The molecule has 0 unspecified atom stereocenters. The monoisotopic (exact) mass is 328 g/mol. The quantitative estimate of drug-likeness (QED) is 0.797. The molecular weight excluding hydrogens is 308 g/mol. The fourth-order valence-corrected chi connectivity index (χ4v) is 3.08. The Balaban J connectivity index is 2.00. The van der Waals surface area contributed by atoms with Gasteiger partial charge in [0.05, 0.1) is 34.4 Å². The van der Waals surface area contributed by atoms with E-state index in [4.69, 9.17) is 4.74 Å². The lowest BCUT2D eigenvalue weighted by Gasteiger charge is -2.28. The SMILES string of the molecule is CCOC(=O)C1CCC(n2nc(C)c(Br)c2C)CC1. The first-order chi connectivity index (χ1) is 9.04. The van der Waals surface area contributed by atoms with Crippen LogP contribution in [0.3, 0.4) is 0 Å². The fraction of sp³-hybridized carbons (Fsp3) is 0.714.